The quantitative estimate of drug-likeness (QED) is 0.568. The third-order valence-corrected chi connectivity index (χ3v) is 2.68. The molecule has 0 heterocycles. The maximum absolute atomic E-state index is 5.03. The van der Waals surface area contributed by atoms with Crippen LogP contribution in [-0.2, 0) is 4.74 Å². The summed E-state index contributed by atoms with van der Waals surface area (Å²) in [5.74, 6) is 0.723. The highest BCUT2D eigenvalue weighted by molar-refractivity contribution is 9.09. The fourth-order valence-corrected chi connectivity index (χ4v) is 1.40. The van der Waals surface area contributed by atoms with Gasteiger partial charge < -0.3 is 4.74 Å². The molecule has 1 unspecified atom stereocenters. The monoisotopic (exact) mass is 226 g/mol. The Morgan fingerprint density at radius 1 is 1.42 bits per heavy atom. The van der Waals surface area contributed by atoms with Gasteiger partial charge in [0.2, 0.25) is 0 Å². The van der Waals surface area contributed by atoms with Crippen molar-refractivity contribution in [3.8, 4) is 0 Å². The number of allylic oxidation sites excluding steroid dienone is 1. The van der Waals surface area contributed by atoms with E-state index in [-0.39, 0.29) is 4.83 Å². The van der Waals surface area contributed by atoms with Crippen LogP contribution in [0.25, 0.3) is 0 Å². The molecule has 1 aromatic carbocycles. The Labute approximate surface area is 81.2 Å². The lowest BCUT2D eigenvalue weighted by Gasteiger charge is -2.11. The Morgan fingerprint density at radius 2 is 2.00 bits per heavy atom. The highest BCUT2D eigenvalue weighted by atomic mass is 79.9. The van der Waals surface area contributed by atoms with E-state index in [0.717, 1.165) is 11.3 Å². The van der Waals surface area contributed by atoms with E-state index in [1.165, 1.54) is 0 Å². The average Bonchev–Trinajstić information content (AvgIpc) is 2.17. The average molecular weight is 227 g/mol. The van der Waals surface area contributed by atoms with Gasteiger partial charge in [0.1, 0.15) is 5.76 Å². The molecule has 0 amide bonds. The smallest absolute Gasteiger partial charge is 0.106 e. The molecule has 1 nitrogen and oxygen atoms in total. The number of halogens is 1. The summed E-state index contributed by atoms with van der Waals surface area (Å²) in [5.41, 5.74) is 1.16. The van der Waals surface area contributed by atoms with Crippen molar-refractivity contribution in [2.24, 2.45) is 0 Å². The van der Waals surface area contributed by atoms with Crippen LogP contribution in [0.4, 0.5) is 0 Å². The van der Waals surface area contributed by atoms with Crippen LogP contribution in [0, 0.1) is 0 Å². The van der Waals surface area contributed by atoms with E-state index in [4.69, 9.17) is 4.74 Å². The Hall–Kier alpha value is -0.760. The first-order valence-electron chi connectivity index (χ1n) is 3.67. The number of hydrogen-bond acceptors (Lipinski definition) is 1. The second-order valence-corrected chi connectivity index (χ2v) is 3.36. The van der Waals surface area contributed by atoms with Gasteiger partial charge in [0.05, 0.1) is 11.9 Å². The maximum atomic E-state index is 5.03. The summed E-state index contributed by atoms with van der Waals surface area (Å²) in [6, 6.07) is 10.0. The molecule has 0 saturated heterocycles. The number of benzene rings is 1. The van der Waals surface area contributed by atoms with Crippen LogP contribution in [0.1, 0.15) is 10.4 Å². The van der Waals surface area contributed by atoms with Gasteiger partial charge >= 0.3 is 0 Å². The molecular formula is C10H11BrO. The zero-order valence-corrected chi connectivity index (χ0v) is 8.54. The van der Waals surface area contributed by atoms with Gasteiger partial charge in [0.15, 0.2) is 0 Å². The van der Waals surface area contributed by atoms with E-state index >= 15 is 0 Å². The molecule has 0 bridgehead atoms. The molecule has 0 radical (unpaired) electrons. The van der Waals surface area contributed by atoms with Crippen LogP contribution >= 0.6 is 15.9 Å². The molecule has 0 aliphatic rings. The number of hydrogen-bond donors (Lipinski definition) is 0. The molecule has 2 heteroatoms. The highest BCUT2D eigenvalue weighted by Crippen LogP contribution is 2.29. The van der Waals surface area contributed by atoms with Gasteiger partial charge in [-0.05, 0) is 5.56 Å². The number of rotatable bonds is 3. The van der Waals surface area contributed by atoms with Crippen LogP contribution in [0.15, 0.2) is 42.7 Å². The molecule has 1 atom stereocenters. The second kappa shape index (κ2) is 4.31. The summed E-state index contributed by atoms with van der Waals surface area (Å²) >= 11 is 3.49. The minimum absolute atomic E-state index is 0.0868. The van der Waals surface area contributed by atoms with Crippen LogP contribution < -0.4 is 0 Å². The summed E-state index contributed by atoms with van der Waals surface area (Å²) in [5, 5.41) is 0. The summed E-state index contributed by atoms with van der Waals surface area (Å²) in [6.45, 7) is 3.78. The first-order chi connectivity index (χ1) is 5.75. The van der Waals surface area contributed by atoms with Crippen molar-refractivity contribution >= 4 is 15.9 Å². The summed E-state index contributed by atoms with van der Waals surface area (Å²) in [4.78, 5) is 0.0868. The normalized spacial score (nSPS) is 12.2. The molecule has 1 aromatic rings. The largest absolute Gasteiger partial charge is 0.500 e. The first-order valence-corrected chi connectivity index (χ1v) is 4.59. The molecule has 1 rings (SSSR count). The van der Waals surface area contributed by atoms with Crippen LogP contribution in [-0.4, -0.2) is 7.11 Å². The Morgan fingerprint density at radius 3 is 2.50 bits per heavy atom. The Kier molecular flexibility index (Phi) is 3.35. The third-order valence-electron chi connectivity index (χ3n) is 1.64. The summed E-state index contributed by atoms with van der Waals surface area (Å²) < 4.78 is 5.03. The lowest BCUT2D eigenvalue weighted by atomic mass is 10.1. The zero-order chi connectivity index (χ0) is 8.97. The zero-order valence-electron chi connectivity index (χ0n) is 6.96. The lowest BCUT2D eigenvalue weighted by Crippen LogP contribution is -1.94. The van der Waals surface area contributed by atoms with Gasteiger partial charge in [-0.1, -0.05) is 52.8 Å². The molecular weight excluding hydrogens is 216 g/mol. The van der Waals surface area contributed by atoms with E-state index in [2.05, 4.69) is 22.5 Å². The van der Waals surface area contributed by atoms with E-state index in [1.54, 1.807) is 7.11 Å². The third kappa shape index (κ3) is 2.11. The van der Waals surface area contributed by atoms with E-state index in [0.29, 0.717) is 0 Å². The van der Waals surface area contributed by atoms with Gasteiger partial charge in [-0.3, -0.25) is 0 Å². The molecule has 0 spiro atoms. The van der Waals surface area contributed by atoms with E-state index < -0.39 is 0 Å². The van der Waals surface area contributed by atoms with Crippen molar-refractivity contribution in [1.29, 1.82) is 0 Å². The molecule has 0 aliphatic carbocycles. The minimum atomic E-state index is 0.0868. The van der Waals surface area contributed by atoms with Crippen molar-refractivity contribution in [2.75, 3.05) is 7.11 Å². The number of methoxy groups -OCH3 is 1. The predicted octanol–water partition coefficient (Wildman–Crippen LogP) is 3.28. The summed E-state index contributed by atoms with van der Waals surface area (Å²) in [6.07, 6.45) is 0. The molecule has 0 N–H and O–H groups in total. The Bertz CT molecular complexity index is 256. The molecule has 0 aromatic heterocycles. The van der Waals surface area contributed by atoms with Crippen molar-refractivity contribution in [1.82, 2.24) is 0 Å². The van der Waals surface area contributed by atoms with Crippen LogP contribution in [0.5, 0.6) is 0 Å². The van der Waals surface area contributed by atoms with Crippen LogP contribution in [0.3, 0.4) is 0 Å². The number of ether oxygens (including phenoxy) is 1. The maximum Gasteiger partial charge on any atom is 0.106 e. The molecule has 0 fully saturated rings. The SMILES string of the molecule is C=C(OC)C(Br)c1ccccc1. The van der Waals surface area contributed by atoms with Gasteiger partial charge in [-0.15, -0.1) is 0 Å². The van der Waals surface area contributed by atoms with Crippen molar-refractivity contribution < 1.29 is 4.74 Å². The topological polar surface area (TPSA) is 9.23 Å². The second-order valence-electron chi connectivity index (χ2n) is 2.44. The van der Waals surface area contributed by atoms with Crippen molar-refractivity contribution in [3.05, 3.63) is 48.2 Å². The first kappa shape index (κ1) is 9.33. The van der Waals surface area contributed by atoms with Crippen LogP contribution in [0.2, 0.25) is 0 Å². The molecule has 0 saturated carbocycles. The Balaban J connectivity index is 2.78. The highest BCUT2D eigenvalue weighted by Gasteiger charge is 2.10. The fraction of sp³-hybridized carbons (Fsp3) is 0.200. The number of alkyl halides is 1. The van der Waals surface area contributed by atoms with Gasteiger partial charge in [-0.2, -0.15) is 0 Å². The lowest BCUT2D eigenvalue weighted by molar-refractivity contribution is 0.284. The van der Waals surface area contributed by atoms with Gasteiger partial charge in [0.25, 0.3) is 0 Å². The van der Waals surface area contributed by atoms with E-state index in [1.807, 2.05) is 30.3 Å². The predicted molar refractivity (Wildman–Crippen MR) is 54.3 cm³/mol. The standard InChI is InChI=1S/C10H11BrO/c1-8(12-2)10(11)9-6-4-3-5-7-9/h3-7,10H,1H2,2H3. The van der Waals surface area contributed by atoms with Crippen molar-refractivity contribution in [2.45, 2.75) is 4.83 Å². The minimum Gasteiger partial charge on any atom is -0.500 e. The molecule has 64 valence electrons. The summed E-state index contributed by atoms with van der Waals surface area (Å²) in [7, 11) is 1.62. The fourth-order valence-electron chi connectivity index (χ4n) is 0.911. The van der Waals surface area contributed by atoms with E-state index in [9.17, 15) is 0 Å². The molecule has 0 aliphatic heterocycles. The van der Waals surface area contributed by atoms with Crippen molar-refractivity contribution in [3.63, 3.8) is 0 Å². The van der Waals surface area contributed by atoms with Gasteiger partial charge in [0, 0.05) is 0 Å². The molecule has 12 heavy (non-hydrogen) atoms. The van der Waals surface area contributed by atoms with Gasteiger partial charge in [-0.25, -0.2) is 0 Å².